The minimum absolute atomic E-state index is 0.00429. The van der Waals surface area contributed by atoms with Crippen LogP contribution in [-0.2, 0) is 0 Å². The molecular formula is C8H12N4O2S. The highest BCUT2D eigenvalue weighted by atomic mass is 32.1. The van der Waals surface area contributed by atoms with E-state index in [1.807, 2.05) is 6.92 Å². The van der Waals surface area contributed by atoms with Crippen molar-refractivity contribution in [2.75, 3.05) is 0 Å². The molecule has 7 heteroatoms. The smallest absolute Gasteiger partial charge is 0.263 e. The summed E-state index contributed by atoms with van der Waals surface area (Å²) in [6.07, 6.45) is 2.03. The SMILES string of the molecule is CCC(NC(=O)c1cncs1)C(N)=NO. The number of carbonyl (C=O) groups is 1. The van der Waals surface area contributed by atoms with E-state index in [1.165, 1.54) is 17.5 Å². The van der Waals surface area contributed by atoms with Gasteiger partial charge in [-0.3, -0.25) is 9.78 Å². The Kier molecular flexibility index (Phi) is 4.04. The topological polar surface area (TPSA) is 101 Å². The predicted octanol–water partition coefficient (Wildman–Crippen LogP) is 0.398. The third kappa shape index (κ3) is 2.91. The molecule has 0 saturated carbocycles. The molecule has 1 rings (SSSR count). The summed E-state index contributed by atoms with van der Waals surface area (Å²) in [5.41, 5.74) is 6.97. The Morgan fingerprint density at radius 3 is 3.07 bits per heavy atom. The van der Waals surface area contributed by atoms with Crippen LogP contribution in [0.3, 0.4) is 0 Å². The highest BCUT2D eigenvalue weighted by Crippen LogP contribution is 2.05. The van der Waals surface area contributed by atoms with Gasteiger partial charge in [-0.15, -0.1) is 11.3 Å². The van der Waals surface area contributed by atoms with E-state index in [4.69, 9.17) is 10.9 Å². The number of thiazole rings is 1. The van der Waals surface area contributed by atoms with E-state index in [9.17, 15) is 4.79 Å². The zero-order chi connectivity index (χ0) is 11.3. The fourth-order valence-corrected chi connectivity index (χ4v) is 1.54. The Hall–Kier alpha value is -1.63. The molecule has 1 heterocycles. The van der Waals surface area contributed by atoms with E-state index >= 15 is 0 Å². The number of hydrogen-bond acceptors (Lipinski definition) is 5. The van der Waals surface area contributed by atoms with Gasteiger partial charge in [0.25, 0.3) is 5.91 Å². The average Bonchev–Trinajstić information content (AvgIpc) is 2.77. The van der Waals surface area contributed by atoms with E-state index in [0.717, 1.165) is 0 Å². The molecule has 0 aliphatic rings. The minimum Gasteiger partial charge on any atom is -0.409 e. The molecule has 0 aliphatic heterocycles. The van der Waals surface area contributed by atoms with Gasteiger partial charge in [-0.05, 0) is 6.42 Å². The lowest BCUT2D eigenvalue weighted by Crippen LogP contribution is -2.43. The Balaban J connectivity index is 2.64. The van der Waals surface area contributed by atoms with Crippen molar-refractivity contribution in [3.63, 3.8) is 0 Å². The average molecular weight is 228 g/mol. The second-order valence-corrected chi connectivity index (χ2v) is 3.71. The maximum atomic E-state index is 11.6. The number of oxime groups is 1. The number of aromatic nitrogens is 1. The molecule has 0 bridgehead atoms. The van der Waals surface area contributed by atoms with Crippen LogP contribution in [0.15, 0.2) is 16.9 Å². The molecule has 4 N–H and O–H groups in total. The predicted molar refractivity (Wildman–Crippen MR) is 57.1 cm³/mol. The number of amidine groups is 1. The fourth-order valence-electron chi connectivity index (χ4n) is 1.01. The van der Waals surface area contributed by atoms with Crippen molar-refractivity contribution in [1.29, 1.82) is 0 Å². The van der Waals surface area contributed by atoms with Gasteiger partial charge in [0.2, 0.25) is 0 Å². The minimum atomic E-state index is -0.454. The molecule has 0 fully saturated rings. The lowest BCUT2D eigenvalue weighted by Gasteiger charge is -2.14. The number of nitrogens with one attached hydrogen (secondary N) is 1. The molecule has 1 aromatic rings. The van der Waals surface area contributed by atoms with Gasteiger partial charge in [0.05, 0.1) is 17.7 Å². The second kappa shape index (κ2) is 5.30. The van der Waals surface area contributed by atoms with E-state index < -0.39 is 6.04 Å². The zero-order valence-electron chi connectivity index (χ0n) is 8.17. The maximum Gasteiger partial charge on any atom is 0.263 e. The first-order valence-corrected chi connectivity index (χ1v) is 5.23. The van der Waals surface area contributed by atoms with Crippen molar-refractivity contribution >= 4 is 23.1 Å². The van der Waals surface area contributed by atoms with Crippen LogP contribution < -0.4 is 11.1 Å². The molecule has 1 atom stereocenters. The van der Waals surface area contributed by atoms with E-state index in [0.29, 0.717) is 11.3 Å². The quantitative estimate of drug-likeness (QED) is 0.300. The van der Waals surface area contributed by atoms with Crippen molar-refractivity contribution in [2.24, 2.45) is 10.9 Å². The van der Waals surface area contributed by atoms with Gasteiger partial charge in [0.1, 0.15) is 4.88 Å². The summed E-state index contributed by atoms with van der Waals surface area (Å²) >= 11 is 1.24. The maximum absolute atomic E-state index is 11.6. The van der Waals surface area contributed by atoms with Crippen LogP contribution in [0.4, 0.5) is 0 Å². The van der Waals surface area contributed by atoms with Gasteiger partial charge in [0, 0.05) is 0 Å². The summed E-state index contributed by atoms with van der Waals surface area (Å²) in [4.78, 5) is 15.9. The number of nitrogens with two attached hydrogens (primary N) is 1. The molecule has 0 radical (unpaired) electrons. The van der Waals surface area contributed by atoms with Crippen LogP contribution >= 0.6 is 11.3 Å². The second-order valence-electron chi connectivity index (χ2n) is 2.82. The first-order valence-electron chi connectivity index (χ1n) is 4.35. The van der Waals surface area contributed by atoms with Crippen LogP contribution in [0.2, 0.25) is 0 Å². The van der Waals surface area contributed by atoms with Gasteiger partial charge in [-0.2, -0.15) is 0 Å². The van der Waals surface area contributed by atoms with Crippen molar-refractivity contribution in [1.82, 2.24) is 10.3 Å². The number of amides is 1. The normalized spacial score (nSPS) is 13.5. The first kappa shape index (κ1) is 11.4. The van der Waals surface area contributed by atoms with Crippen molar-refractivity contribution in [2.45, 2.75) is 19.4 Å². The number of carbonyl (C=O) groups excluding carboxylic acids is 1. The molecule has 0 aromatic carbocycles. The van der Waals surface area contributed by atoms with E-state index in [1.54, 1.807) is 5.51 Å². The lowest BCUT2D eigenvalue weighted by atomic mass is 10.2. The van der Waals surface area contributed by atoms with Crippen LogP contribution in [0.25, 0.3) is 0 Å². The van der Waals surface area contributed by atoms with Crippen molar-refractivity contribution < 1.29 is 10.0 Å². The monoisotopic (exact) mass is 228 g/mol. The van der Waals surface area contributed by atoms with Crippen LogP contribution in [0.1, 0.15) is 23.0 Å². The van der Waals surface area contributed by atoms with Gasteiger partial charge < -0.3 is 16.3 Å². The van der Waals surface area contributed by atoms with Crippen LogP contribution in [0, 0.1) is 0 Å². The Bertz CT molecular complexity index is 350. The molecule has 1 unspecified atom stereocenters. The summed E-state index contributed by atoms with van der Waals surface area (Å²) < 4.78 is 0. The zero-order valence-corrected chi connectivity index (χ0v) is 8.99. The van der Waals surface area contributed by atoms with E-state index in [-0.39, 0.29) is 11.7 Å². The van der Waals surface area contributed by atoms with Crippen molar-refractivity contribution in [3.05, 3.63) is 16.6 Å². The number of hydrogen-bond donors (Lipinski definition) is 3. The molecule has 0 spiro atoms. The Morgan fingerprint density at radius 2 is 2.60 bits per heavy atom. The van der Waals surface area contributed by atoms with Crippen molar-refractivity contribution in [3.8, 4) is 0 Å². The summed E-state index contributed by atoms with van der Waals surface area (Å²) in [5, 5.41) is 14.0. The summed E-state index contributed by atoms with van der Waals surface area (Å²) in [6, 6.07) is -0.454. The molecule has 0 saturated heterocycles. The largest absolute Gasteiger partial charge is 0.409 e. The van der Waals surface area contributed by atoms with Crippen LogP contribution in [-0.4, -0.2) is 28.0 Å². The highest BCUT2D eigenvalue weighted by molar-refractivity contribution is 7.11. The lowest BCUT2D eigenvalue weighted by molar-refractivity contribution is 0.0949. The standard InChI is InChI=1S/C8H12N4O2S/c1-2-5(7(9)12-14)11-8(13)6-3-10-4-15-6/h3-5,14H,2H2,1H3,(H2,9,12)(H,11,13). The molecule has 0 aliphatic carbocycles. The van der Waals surface area contributed by atoms with Gasteiger partial charge >= 0.3 is 0 Å². The first-order chi connectivity index (χ1) is 7.19. The summed E-state index contributed by atoms with van der Waals surface area (Å²) in [7, 11) is 0. The molecular weight excluding hydrogens is 216 g/mol. The van der Waals surface area contributed by atoms with E-state index in [2.05, 4.69) is 15.5 Å². The Morgan fingerprint density at radius 1 is 1.87 bits per heavy atom. The number of rotatable bonds is 4. The summed E-state index contributed by atoms with van der Waals surface area (Å²) in [5.74, 6) is -0.272. The summed E-state index contributed by atoms with van der Waals surface area (Å²) in [6.45, 7) is 1.83. The number of nitrogens with zero attached hydrogens (tertiary/aromatic N) is 2. The molecule has 1 aromatic heterocycles. The fraction of sp³-hybridized carbons (Fsp3) is 0.375. The molecule has 6 nitrogen and oxygen atoms in total. The molecule has 82 valence electrons. The molecule has 15 heavy (non-hydrogen) atoms. The van der Waals surface area contributed by atoms with Gasteiger partial charge in [-0.1, -0.05) is 12.1 Å². The van der Waals surface area contributed by atoms with Crippen LogP contribution in [0.5, 0.6) is 0 Å². The third-order valence-electron chi connectivity index (χ3n) is 1.84. The Labute approximate surface area is 90.8 Å². The molecule has 1 amide bonds. The highest BCUT2D eigenvalue weighted by Gasteiger charge is 2.16. The van der Waals surface area contributed by atoms with Gasteiger partial charge in [0.15, 0.2) is 5.84 Å². The van der Waals surface area contributed by atoms with Gasteiger partial charge in [-0.25, -0.2) is 0 Å². The third-order valence-corrected chi connectivity index (χ3v) is 2.61.